The number of nitrogens with zero attached hydrogens (tertiary/aromatic N) is 1. The van der Waals surface area contributed by atoms with Gasteiger partial charge in [-0.1, -0.05) is 30.3 Å². The number of ether oxygens (including phenoxy) is 2. The molecule has 1 aromatic carbocycles. The zero-order chi connectivity index (χ0) is 14.6. The maximum atomic E-state index is 12.1. The molecule has 6 nitrogen and oxygen atoms in total. The monoisotopic (exact) mass is 279 g/mol. The van der Waals surface area contributed by atoms with E-state index in [4.69, 9.17) is 9.47 Å². The van der Waals surface area contributed by atoms with Crippen LogP contribution in [0.1, 0.15) is 18.4 Å². The minimum atomic E-state index is -1.60. The van der Waals surface area contributed by atoms with Crippen molar-refractivity contribution < 1.29 is 24.2 Å². The van der Waals surface area contributed by atoms with Crippen LogP contribution in [0.5, 0.6) is 0 Å². The van der Waals surface area contributed by atoms with Crippen LogP contribution < -0.4 is 0 Å². The largest absolute Gasteiger partial charge is 0.478 e. The van der Waals surface area contributed by atoms with Gasteiger partial charge in [0, 0.05) is 20.1 Å². The summed E-state index contributed by atoms with van der Waals surface area (Å²) in [7, 11) is 1.29. The number of aliphatic carboxylic acids is 1. The van der Waals surface area contributed by atoms with Crippen molar-refractivity contribution in [3.05, 3.63) is 35.9 Å². The van der Waals surface area contributed by atoms with Crippen LogP contribution in [0.4, 0.5) is 4.79 Å². The lowest BCUT2D eigenvalue weighted by Gasteiger charge is -2.32. The summed E-state index contributed by atoms with van der Waals surface area (Å²) >= 11 is 0. The van der Waals surface area contributed by atoms with E-state index in [9.17, 15) is 14.7 Å². The Morgan fingerprint density at radius 1 is 1.35 bits per heavy atom. The minimum Gasteiger partial charge on any atom is -0.478 e. The highest BCUT2D eigenvalue weighted by atomic mass is 16.6. The molecule has 0 radical (unpaired) electrons. The van der Waals surface area contributed by atoms with Crippen LogP contribution in [0, 0.1) is 0 Å². The molecule has 0 aliphatic carbocycles. The summed E-state index contributed by atoms with van der Waals surface area (Å²) in [5, 5.41) is 9.29. The molecule has 1 N–H and O–H groups in total. The van der Waals surface area contributed by atoms with Crippen molar-refractivity contribution in [1.82, 2.24) is 4.90 Å². The standard InChI is InChI=1S/C14H17NO5/c1-19-14(12(16)17)8-5-9-15(14)13(18)20-10-11-6-3-2-4-7-11/h2-4,6-7H,5,8-10H2,1H3,(H,16,17)/t14-/m1/s1. The Kier molecular flexibility index (Phi) is 4.24. The van der Waals surface area contributed by atoms with Crippen LogP contribution in [-0.4, -0.2) is 41.4 Å². The van der Waals surface area contributed by atoms with E-state index < -0.39 is 17.8 Å². The average molecular weight is 279 g/mol. The number of carbonyl (C=O) groups excluding carboxylic acids is 1. The molecule has 1 fully saturated rings. The van der Waals surface area contributed by atoms with Crippen molar-refractivity contribution in [2.24, 2.45) is 0 Å². The van der Waals surface area contributed by atoms with Crippen LogP contribution in [0.25, 0.3) is 0 Å². The van der Waals surface area contributed by atoms with Crippen molar-refractivity contribution >= 4 is 12.1 Å². The maximum Gasteiger partial charge on any atom is 0.412 e. The lowest BCUT2D eigenvalue weighted by molar-refractivity contribution is -0.179. The van der Waals surface area contributed by atoms with Crippen molar-refractivity contribution in [2.75, 3.05) is 13.7 Å². The van der Waals surface area contributed by atoms with E-state index in [1.54, 1.807) is 0 Å². The average Bonchev–Trinajstić information content (AvgIpc) is 2.91. The van der Waals surface area contributed by atoms with Gasteiger partial charge in [-0.2, -0.15) is 0 Å². The molecule has 1 heterocycles. The van der Waals surface area contributed by atoms with E-state index >= 15 is 0 Å². The first-order chi connectivity index (χ1) is 9.60. The summed E-state index contributed by atoms with van der Waals surface area (Å²) in [5.74, 6) is -1.17. The quantitative estimate of drug-likeness (QED) is 0.910. The Morgan fingerprint density at radius 2 is 2.05 bits per heavy atom. The highest BCUT2D eigenvalue weighted by Gasteiger charge is 2.51. The van der Waals surface area contributed by atoms with Gasteiger partial charge < -0.3 is 14.6 Å². The van der Waals surface area contributed by atoms with E-state index in [2.05, 4.69) is 0 Å². The number of likely N-dealkylation sites (tertiary alicyclic amines) is 1. The molecule has 1 saturated heterocycles. The zero-order valence-corrected chi connectivity index (χ0v) is 11.2. The third-order valence-corrected chi connectivity index (χ3v) is 3.43. The third-order valence-electron chi connectivity index (χ3n) is 3.43. The van der Waals surface area contributed by atoms with Gasteiger partial charge in [-0.15, -0.1) is 0 Å². The number of carboxylic acid groups (broad SMARTS) is 1. The van der Waals surface area contributed by atoms with Crippen molar-refractivity contribution in [1.29, 1.82) is 0 Å². The van der Waals surface area contributed by atoms with Gasteiger partial charge in [0.25, 0.3) is 0 Å². The van der Waals surface area contributed by atoms with Crippen LogP contribution in [0.15, 0.2) is 30.3 Å². The van der Waals surface area contributed by atoms with Crippen molar-refractivity contribution in [3.8, 4) is 0 Å². The van der Waals surface area contributed by atoms with Gasteiger partial charge in [0.2, 0.25) is 5.72 Å². The lowest BCUT2D eigenvalue weighted by atomic mass is 10.1. The second-order valence-electron chi connectivity index (χ2n) is 4.59. The maximum absolute atomic E-state index is 12.1. The van der Waals surface area contributed by atoms with Gasteiger partial charge in [-0.25, -0.2) is 9.59 Å². The summed E-state index contributed by atoms with van der Waals surface area (Å²) < 4.78 is 10.2. The molecular weight excluding hydrogens is 262 g/mol. The van der Waals surface area contributed by atoms with Crippen LogP contribution in [0.3, 0.4) is 0 Å². The van der Waals surface area contributed by atoms with Gasteiger partial charge in [-0.3, -0.25) is 4.90 Å². The molecule has 1 aliphatic heterocycles. The van der Waals surface area contributed by atoms with Gasteiger partial charge in [0.15, 0.2) is 0 Å². The van der Waals surface area contributed by atoms with Crippen LogP contribution >= 0.6 is 0 Å². The van der Waals surface area contributed by atoms with Gasteiger partial charge in [0.1, 0.15) is 6.61 Å². The van der Waals surface area contributed by atoms with Crippen molar-refractivity contribution in [3.63, 3.8) is 0 Å². The fraction of sp³-hybridized carbons (Fsp3) is 0.429. The number of carboxylic acids is 1. The topological polar surface area (TPSA) is 76.1 Å². The first kappa shape index (κ1) is 14.3. The Labute approximate surface area is 116 Å². The smallest absolute Gasteiger partial charge is 0.412 e. The minimum absolute atomic E-state index is 0.107. The highest BCUT2D eigenvalue weighted by molar-refractivity contribution is 5.83. The van der Waals surface area contributed by atoms with E-state index in [1.165, 1.54) is 7.11 Å². The molecule has 0 spiro atoms. The Bertz CT molecular complexity index is 490. The summed E-state index contributed by atoms with van der Waals surface area (Å²) in [6.45, 7) is 0.420. The molecule has 0 unspecified atom stereocenters. The van der Waals surface area contributed by atoms with Crippen LogP contribution in [-0.2, 0) is 20.9 Å². The summed E-state index contributed by atoms with van der Waals surface area (Å²) in [4.78, 5) is 24.6. The van der Waals surface area contributed by atoms with Crippen molar-refractivity contribution in [2.45, 2.75) is 25.2 Å². The summed E-state index contributed by atoms with van der Waals surface area (Å²) in [6.07, 6.45) is 0.162. The second kappa shape index (κ2) is 5.92. The molecular formula is C14H17NO5. The zero-order valence-electron chi connectivity index (χ0n) is 11.2. The number of benzene rings is 1. The molecule has 108 valence electrons. The Hall–Kier alpha value is -2.08. The first-order valence-electron chi connectivity index (χ1n) is 6.37. The van der Waals surface area contributed by atoms with E-state index in [1.807, 2.05) is 30.3 Å². The molecule has 0 bridgehead atoms. The molecule has 0 saturated carbocycles. The van der Waals surface area contributed by atoms with E-state index in [0.29, 0.717) is 13.0 Å². The highest BCUT2D eigenvalue weighted by Crippen LogP contribution is 2.31. The number of hydrogen-bond donors (Lipinski definition) is 1. The SMILES string of the molecule is CO[C@@]1(C(=O)O)CCCN1C(=O)OCc1ccccc1. The third kappa shape index (κ3) is 2.60. The summed E-state index contributed by atoms with van der Waals surface area (Å²) in [5.41, 5.74) is -0.758. The van der Waals surface area contributed by atoms with Crippen LogP contribution in [0.2, 0.25) is 0 Å². The number of methoxy groups -OCH3 is 1. The van der Waals surface area contributed by atoms with Gasteiger partial charge in [-0.05, 0) is 12.0 Å². The van der Waals surface area contributed by atoms with Gasteiger partial charge in [0.05, 0.1) is 0 Å². The summed E-state index contributed by atoms with van der Waals surface area (Å²) in [6, 6.07) is 9.22. The first-order valence-corrected chi connectivity index (χ1v) is 6.37. The second-order valence-corrected chi connectivity index (χ2v) is 4.59. The molecule has 20 heavy (non-hydrogen) atoms. The lowest BCUT2D eigenvalue weighted by Crippen LogP contribution is -2.54. The molecule has 1 aromatic rings. The van der Waals surface area contributed by atoms with E-state index in [0.717, 1.165) is 10.5 Å². The number of hydrogen-bond acceptors (Lipinski definition) is 4. The molecule has 1 aliphatic rings. The normalized spacial score (nSPS) is 21.8. The number of carbonyl (C=O) groups is 2. The number of rotatable bonds is 4. The molecule has 1 amide bonds. The Balaban J connectivity index is 2.03. The molecule has 6 heteroatoms. The van der Waals surface area contributed by atoms with Gasteiger partial charge >= 0.3 is 12.1 Å². The number of amides is 1. The van der Waals surface area contributed by atoms with E-state index in [-0.39, 0.29) is 13.0 Å². The molecule has 2 rings (SSSR count). The molecule has 1 atom stereocenters. The molecule has 0 aromatic heterocycles. The Morgan fingerprint density at radius 3 is 2.65 bits per heavy atom. The predicted octanol–water partition coefficient (Wildman–Crippen LogP) is 1.85. The predicted molar refractivity (Wildman–Crippen MR) is 69.9 cm³/mol. The fourth-order valence-corrected chi connectivity index (χ4v) is 2.35. The fourth-order valence-electron chi connectivity index (χ4n) is 2.35.